The van der Waals surface area contributed by atoms with Crippen molar-refractivity contribution in [1.29, 1.82) is 0 Å². The van der Waals surface area contributed by atoms with Gasteiger partial charge in [-0.15, -0.1) is 0 Å². The lowest BCUT2D eigenvalue weighted by molar-refractivity contribution is -0.154. The van der Waals surface area contributed by atoms with Gasteiger partial charge in [0.1, 0.15) is 0 Å². The molecule has 0 bridgehead atoms. The molecule has 4 heteroatoms. The third-order valence-electron chi connectivity index (χ3n) is 0.838. The van der Waals surface area contributed by atoms with Gasteiger partial charge >= 0.3 is 6.09 Å². The first kappa shape index (κ1) is 8.23. The molecule has 54 valence electrons. The van der Waals surface area contributed by atoms with E-state index in [1.165, 1.54) is 7.11 Å². The monoisotopic (exact) mass is 133 g/mol. The Labute approximate surface area is 53.9 Å². The SMILES string of the molecule is COC(C)(C)OC(N)=O. The molecule has 9 heavy (non-hydrogen) atoms. The predicted molar refractivity (Wildman–Crippen MR) is 31.8 cm³/mol. The summed E-state index contributed by atoms with van der Waals surface area (Å²) in [5, 5.41) is 0. The number of ether oxygens (including phenoxy) is 2. The maximum atomic E-state index is 10.1. The van der Waals surface area contributed by atoms with Crippen molar-refractivity contribution in [2.45, 2.75) is 19.6 Å². The first-order chi connectivity index (χ1) is 3.98. The van der Waals surface area contributed by atoms with Crippen LogP contribution in [-0.2, 0) is 9.47 Å². The van der Waals surface area contributed by atoms with Gasteiger partial charge in [0.15, 0.2) is 0 Å². The molecule has 0 saturated heterocycles. The van der Waals surface area contributed by atoms with E-state index < -0.39 is 11.9 Å². The second-order valence-electron chi connectivity index (χ2n) is 2.03. The molecule has 0 unspecified atom stereocenters. The minimum Gasteiger partial charge on any atom is -0.418 e. The van der Waals surface area contributed by atoms with E-state index in [4.69, 9.17) is 10.5 Å². The van der Waals surface area contributed by atoms with Crippen LogP contribution in [0.15, 0.2) is 0 Å². The molecular formula is C5H11NO3. The van der Waals surface area contributed by atoms with Crippen molar-refractivity contribution < 1.29 is 14.3 Å². The van der Waals surface area contributed by atoms with Gasteiger partial charge in [-0.1, -0.05) is 0 Å². The molecule has 0 aromatic rings. The molecule has 0 heterocycles. The quantitative estimate of drug-likeness (QED) is 0.557. The summed E-state index contributed by atoms with van der Waals surface area (Å²) in [5.41, 5.74) is 4.71. The average Bonchev–Trinajstić information content (AvgIpc) is 1.63. The second kappa shape index (κ2) is 2.68. The summed E-state index contributed by atoms with van der Waals surface area (Å²) in [6, 6.07) is 0. The van der Waals surface area contributed by atoms with Crippen molar-refractivity contribution in [1.82, 2.24) is 0 Å². The maximum absolute atomic E-state index is 10.1. The van der Waals surface area contributed by atoms with Gasteiger partial charge in [-0.3, -0.25) is 0 Å². The van der Waals surface area contributed by atoms with E-state index in [0.717, 1.165) is 0 Å². The smallest absolute Gasteiger partial charge is 0.406 e. The summed E-state index contributed by atoms with van der Waals surface area (Å²) in [6.45, 7) is 3.19. The number of amides is 1. The zero-order chi connectivity index (χ0) is 7.49. The Bertz CT molecular complexity index is 111. The number of rotatable bonds is 2. The van der Waals surface area contributed by atoms with Gasteiger partial charge in [0.05, 0.1) is 0 Å². The van der Waals surface area contributed by atoms with Crippen LogP contribution in [0.3, 0.4) is 0 Å². The van der Waals surface area contributed by atoms with Gasteiger partial charge in [0, 0.05) is 21.0 Å². The highest BCUT2D eigenvalue weighted by Crippen LogP contribution is 2.07. The molecule has 0 aromatic heterocycles. The minimum absolute atomic E-state index is 0.832. The number of carbonyl (C=O) groups is 1. The Morgan fingerprint density at radius 1 is 1.56 bits per heavy atom. The third-order valence-corrected chi connectivity index (χ3v) is 0.838. The number of methoxy groups -OCH3 is 1. The van der Waals surface area contributed by atoms with Crippen LogP contribution in [-0.4, -0.2) is 19.0 Å². The molecule has 0 spiro atoms. The highest BCUT2D eigenvalue weighted by molar-refractivity contribution is 5.64. The standard InChI is InChI=1S/C5H11NO3/c1-5(2,8-3)9-4(6)7/h1-3H3,(H2,6,7). The number of hydrogen-bond acceptors (Lipinski definition) is 3. The lowest BCUT2D eigenvalue weighted by Crippen LogP contribution is -2.32. The average molecular weight is 133 g/mol. The van der Waals surface area contributed by atoms with E-state index in [1.54, 1.807) is 13.8 Å². The van der Waals surface area contributed by atoms with Gasteiger partial charge in [-0.25, -0.2) is 4.79 Å². The number of carbonyl (C=O) groups excluding carboxylic acids is 1. The predicted octanol–water partition coefficient (Wildman–Crippen LogP) is 0.464. The van der Waals surface area contributed by atoms with E-state index in [2.05, 4.69) is 4.74 Å². The van der Waals surface area contributed by atoms with Crippen LogP contribution >= 0.6 is 0 Å². The van der Waals surface area contributed by atoms with Crippen molar-refractivity contribution >= 4 is 6.09 Å². The van der Waals surface area contributed by atoms with Gasteiger partial charge in [0.25, 0.3) is 0 Å². The third kappa shape index (κ3) is 3.78. The van der Waals surface area contributed by atoms with E-state index >= 15 is 0 Å². The molecule has 0 aliphatic carbocycles. The topological polar surface area (TPSA) is 61.6 Å². The molecule has 0 radical (unpaired) electrons. The molecule has 1 amide bonds. The van der Waals surface area contributed by atoms with Crippen LogP contribution in [0.5, 0.6) is 0 Å². The molecule has 0 aliphatic heterocycles. The molecule has 2 N–H and O–H groups in total. The first-order valence-electron chi connectivity index (χ1n) is 2.51. The van der Waals surface area contributed by atoms with E-state index in [-0.39, 0.29) is 0 Å². The van der Waals surface area contributed by atoms with E-state index in [9.17, 15) is 4.79 Å². The van der Waals surface area contributed by atoms with Crippen molar-refractivity contribution in [3.8, 4) is 0 Å². The lowest BCUT2D eigenvalue weighted by atomic mass is 10.4. The zero-order valence-electron chi connectivity index (χ0n) is 5.80. The van der Waals surface area contributed by atoms with Crippen LogP contribution in [0, 0.1) is 0 Å². The van der Waals surface area contributed by atoms with Gasteiger partial charge in [-0.2, -0.15) is 0 Å². The van der Waals surface area contributed by atoms with Crippen LogP contribution in [0.4, 0.5) is 4.79 Å². The maximum Gasteiger partial charge on any atom is 0.406 e. The van der Waals surface area contributed by atoms with Crippen LogP contribution in [0.2, 0.25) is 0 Å². The van der Waals surface area contributed by atoms with Crippen molar-refractivity contribution in [2.75, 3.05) is 7.11 Å². The van der Waals surface area contributed by atoms with Crippen LogP contribution in [0.1, 0.15) is 13.8 Å². The van der Waals surface area contributed by atoms with Gasteiger partial charge in [0.2, 0.25) is 5.79 Å². The second-order valence-corrected chi connectivity index (χ2v) is 2.03. The number of primary amides is 1. The minimum atomic E-state index is -0.911. The molecule has 0 fully saturated rings. The molecule has 0 atom stereocenters. The number of nitrogens with two attached hydrogens (primary N) is 1. The molecular weight excluding hydrogens is 122 g/mol. The van der Waals surface area contributed by atoms with Crippen molar-refractivity contribution in [2.24, 2.45) is 5.73 Å². The van der Waals surface area contributed by atoms with Gasteiger partial charge in [-0.05, 0) is 0 Å². The summed E-state index contributed by atoms with van der Waals surface area (Å²) < 4.78 is 9.23. The highest BCUT2D eigenvalue weighted by atomic mass is 16.7. The fourth-order valence-corrected chi connectivity index (χ4v) is 0.284. The fraction of sp³-hybridized carbons (Fsp3) is 0.800. The van der Waals surface area contributed by atoms with Crippen LogP contribution in [0.25, 0.3) is 0 Å². The molecule has 4 nitrogen and oxygen atoms in total. The molecule has 0 aromatic carbocycles. The Balaban J connectivity index is 3.71. The molecule has 0 aliphatic rings. The summed E-state index contributed by atoms with van der Waals surface area (Å²) >= 11 is 0. The summed E-state index contributed by atoms with van der Waals surface area (Å²) in [4.78, 5) is 10.1. The zero-order valence-corrected chi connectivity index (χ0v) is 5.80. The van der Waals surface area contributed by atoms with Crippen molar-refractivity contribution in [3.05, 3.63) is 0 Å². The molecule has 0 rings (SSSR count). The Hall–Kier alpha value is -0.770. The van der Waals surface area contributed by atoms with Crippen molar-refractivity contribution in [3.63, 3.8) is 0 Å². The number of hydrogen-bond donors (Lipinski definition) is 1. The Morgan fingerprint density at radius 2 is 2.00 bits per heavy atom. The largest absolute Gasteiger partial charge is 0.418 e. The Kier molecular flexibility index (Phi) is 2.45. The summed E-state index contributed by atoms with van der Waals surface area (Å²) in [7, 11) is 1.43. The summed E-state index contributed by atoms with van der Waals surface area (Å²) in [6.07, 6.45) is -0.832. The van der Waals surface area contributed by atoms with Crippen LogP contribution < -0.4 is 5.73 Å². The normalized spacial score (nSPS) is 11.0. The lowest BCUT2D eigenvalue weighted by Gasteiger charge is -2.21. The van der Waals surface area contributed by atoms with E-state index in [1.807, 2.05) is 0 Å². The Morgan fingerprint density at radius 3 is 2.11 bits per heavy atom. The fourth-order valence-electron chi connectivity index (χ4n) is 0.284. The van der Waals surface area contributed by atoms with E-state index in [0.29, 0.717) is 0 Å². The van der Waals surface area contributed by atoms with Gasteiger partial charge < -0.3 is 15.2 Å². The highest BCUT2D eigenvalue weighted by Gasteiger charge is 2.19. The summed E-state index contributed by atoms with van der Waals surface area (Å²) in [5.74, 6) is -0.911. The molecule has 0 saturated carbocycles. The first-order valence-corrected chi connectivity index (χ1v) is 2.51.